The number of ether oxygens (including phenoxy) is 1. The van der Waals surface area contributed by atoms with E-state index in [-0.39, 0.29) is 12.2 Å². The molecular formula is C11H17N3O. The molecule has 1 aliphatic heterocycles. The van der Waals surface area contributed by atoms with E-state index in [1.165, 1.54) is 5.69 Å². The number of hydrogen-bond acceptors (Lipinski definition) is 4. The Kier molecular flexibility index (Phi) is 3.18. The van der Waals surface area contributed by atoms with Crippen molar-refractivity contribution in [3.8, 4) is 0 Å². The van der Waals surface area contributed by atoms with Crippen molar-refractivity contribution < 1.29 is 4.74 Å². The van der Waals surface area contributed by atoms with Crippen molar-refractivity contribution in [2.75, 3.05) is 24.5 Å². The van der Waals surface area contributed by atoms with Gasteiger partial charge in [-0.2, -0.15) is 0 Å². The van der Waals surface area contributed by atoms with Crippen LogP contribution in [0.3, 0.4) is 0 Å². The van der Waals surface area contributed by atoms with E-state index in [2.05, 4.69) is 16.8 Å². The van der Waals surface area contributed by atoms with Gasteiger partial charge in [0.1, 0.15) is 0 Å². The third-order valence-electron chi connectivity index (χ3n) is 2.62. The van der Waals surface area contributed by atoms with Crippen LogP contribution in [0.15, 0.2) is 24.5 Å². The summed E-state index contributed by atoms with van der Waals surface area (Å²) in [7, 11) is 0. The third-order valence-corrected chi connectivity index (χ3v) is 2.62. The van der Waals surface area contributed by atoms with Gasteiger partial charge in [-0.15, -0.1) is 0 Å². The van der Waals surface area contributed by atoms with Crippen molar-refractivity contribution >= 4 is 5.69 Å². The number of pyridine rings is 1. The number of rotatable bonds is 2. The van der Waals surface area contributed by atoms with Crippen molar-refractivity contribution in [2.24, 2.45) is 5.73 Å². The Labute approximate surface area is 90.0 Å². The molecule has 15 heavy (non-hydrogen) atoms. The summed E-state index contributed by atoms with van der Waals surface area (Å²) in [5.41, 5.74) is 6.83. The molecular weight excluding hydrogens is 190 g/mol. The first-order valence-corrected chi connectivity index (χ1v) is 5.30. The molecule has 2 atom stereocenters. The van der Waals surface area contributed by atoms with Crippen molar-refractivity contribution in [1.82, 2.24) is 4.98 Å². The van der Waals surface area contributed by atoms with Gasteiger partial charge < -0.3 is 15.4 Å². The fourth-order valence-electron chi connectivity index (χ4n) is 1.94. The van der Waals surface area contributed by atoms with Gasteiger partial charge in [-0.1, -0.05) is 0 Å². The van der Waals surface area contributed by atoms with Crippen LogP contribution in [0, 0.1) is 0 Å². The number of aromatic nitrogens is 1. The Morgan fingerprint density at radius 1 is 1.47 bits per heavy atom. The van der Waals surface area contributed by atoms with E-state index in [1.54, 1.807) is 0 Å². The fourth-order valence-corrected chi connectivity index (χ4v) is 1.94. The first-order valence-electron chi connectivity index (χ1n) is 5.30. The zero-order valence-corrected chi connectivity index (χ0v) is 8.97. The summed E-state index contributed by atoms with van der Waals surface area (Å²) in [6.07, 6.45) is 4.00. The van der Waals surface area contributed by atoms with Crippen LogP contribution in [0.2, 0.25) is 0 Å². The van der Waals surface area contributed by atoms with Crippen LogP contribution >= 0.6 is 0 Å². The van der Waals surface area contributed by atoms with E-state index in [9.17, 15) is 0 Å². The van der Waals surface area contributed by atoms with Gasteiger partial charge in [0.15, 0.2) is 0 Å². The maximum absolute atomic E-state index is 5.70. The lowest BCUT2D eigenvalue weighted by atomic mass is 10.2. The smallest absolute Gasteiger partial charge is 0.0876 e. The van der Waals surface area contributed by atoms with Crippen LogP contribution in [-0.2, 0) is 4.74 Å². The van der Waals surface area contributed by atoms with Crippen LogP contribution in [-0.4, -0.2) is 36.8 Å². The molecule has 1 aromatic heterocycles. The second kappa shape index (κ2) is 4.59. The summed E-state index contributed by atoms with van der Waals surface area (Å²) in [6.45, 7) is 4.44. The first kappa shape index (κ1) is 10.4. The van der Waals surface area contributed by atoms with Crippen LogP contribution < -0.4 is 10.6 Å². The van der Waals surface area contributed by atoms with Gasteiger partial charge in [-0.05, 0) is 19.1 Å². The monoisotopic (exact) mass is 207 g/mol. The van der Waals surface area contributed by atoms with Crippen LogP contribution in [0.5, 0.6) is 0 Å². The largest absolute Gasteiger partial charge is 0.370 e. The van der Waals surface area contributed by atoms with Gasteiger partial charge in [0.2, 0.25) is 0 Å². The Morgan fingerprint density at radius 2 is 2.20 bits per heavy atom. The summed E-state index contributed by atoms with van der Waals surface area (Å²) < 4.78 is 5.70. The van der Waals surface area contributed by atoms with Gasteiger partial charge >= 0.3 is 0 Å². The molecule has 0 radical (unpaired) electrons. The molecule has 2 rings (SSSR count). The molecule has 1 aliphatic rings. The Bertz CT molecular complexity index is 304. The van der Waals surface area contributed by atoms with Crippen LogP contribution in [0.4, 0.5) is 5.69 Å². The quantitative estimate of drug-likeness (QED) is 0.773. The van der Waals surface area contributed by atoms with Crippen molar-refractivity contribution in [3.05, 3.63) is 24.5 Å². The van der Waals surface area contributed by atoms with Gasteiger partial charge in [-0.25, -0.2) is 0 Å². The number of morpholine rings is 1. The Morgan fingerprint density at radius 3 is 2.87 bits per heavy atom. The lowest BCUT2D eigenvalue weighted by Gasteiger charge is -2.37. The summed E-state index contributed by atoms with van der Waals surface area (Å²) in [6, 6.07) is 4.04. The van der Waals surface area contributed by atoms with E-state index < -0.39 is 0 Å². The zero-order valence-electron chi connectivity index (χ0n) is 8.97. The standard InChI is InChI=1S/C11H17N3O/c1-9-7-14(8-11(6-12)15-9)10-2-4-13-5-3-10/h2-5,9,11H,6-8,12H2,1H3. The average molecular weight is 207 g/mol. The normalized spacial score (nSPS) is 26.7. The molecule has 82 valence electrons. The molecule has 0 spiro atoms. The second-order valence-corrected chi connectivity index (χ2v) is 3.91. The predicted octanol–water partition coefficient (Wildman–Crippen LogP) is 0.634. The minimum atomic E-state index is 0.141. The topological polar surface area (TPSA) is 51.4 Å². The first-order chi connectivity index (χ1) is 7.29. The lowest BCUT2D eigenvalue weighted by molar-refractivity contribution is -0.0104. The lowest BCUT2D eigenvalue weighted by Crippen LogP contribution is -2.49. The third kappa shape index (κ3) is 2.46. The highest BCUT2D eigenvalue weighted by Gasteiger charge is 2.24. The summed E-state index contributed by atoms with van der Waals surface area (Å²) in [5, 5.41) is 0. The number of nitrogens with two attached hydrogens (primary N) is 1. The Balaban J connectivity index is 2.09. The number of anilines is 1. The minimum Gasteiger partial charge on any atom is -0.370 e. The van der Waals surface area contributed by atoms with Gasteiger partial charge in [-0.3, -0.25) is 4.98 Å². The van der Waals surface area contributed by atoms with E-state index in [1.807, 2.05) is 24.5 Å². The van der Waals surface area contributed by atoms with Crippen molar-refractivity contribution in [1.29, 1.82) is 0 Å². The minimum absolute atomic E-state index is 0.141. The maximum atomic E-state index is 5.70. The predicted molar refractivity (Wildman–Crippen MR) is 59.8 cm³/mol. The maximum Gasteiger partial charge on any atom is 0.0876 e. The molecule has 0 aliphatic carbocycles. The molecule has 2 N–H and O–H groups in total. The van der Waals surface area contributed by atoms with Gasteiger partial charge in [0, 0.05) is 37.7 Å². The second-order valence-electron chi connectivity index (χ2n) is 3.91. The molecule has 1 saturated heterocycles. The van der Waals surface area contributed by atoms with E-state index in [0.29, 0.717) is 6.54 Å². The molecule has 4 nitrogen and oxygen atoms in total. The highest BCUT2D eigenvalue weighted by atomic mass is 16.5. The van der Waals surface area contributed by atoms with Crippen molar-refractivity contribution in [2.45, 2.75) is 19.1 Å². The molecule has 1 aromatic rings. The highest BCUT2D eigenvalue weighted by Crippen LogP contribution is 2.18. The van der Waals surface area contributed by atoms with E-state index in [0.717, 1.165) is 13.1 Å². The van der Waals surface area contributed by atoms with Crippen LogP contribution in [0.1, 0.15) is 6.92 Å². The highest BCUT2D eigenvalue weighted by molar-refractivity contribution is 5.45. The SMILES string of the molecule is CC1CN(c2ccncc2)CC(CN)O1. The van der Waals surface area contributed by atoms with Gasteiger partial charge in [0.05, 0.1) is 12.2 Å². The zero-order chi connectivity index (χ0) is 10.7. The Hall–Kier alpha value is -1.13. The molecule has 1 fully saturated rings. The summed E-state index contributed by atoms with van der Waals surface area (Å²) >= 11 is 0. The fraction of sp³-hybridized carbons (Fsp3) is 0.545. The van der Waals surface area contributed by atoms with Gasteiger partial charge in [0.25, 0.3) is 0 Å². The molecule has 2 heterocycles. The molecule has 2 unspecified atom stereocenters. The summed E-state index contributed by atoms with van der Waals surface area (Å²) in [5.74, 6) is 0. The number of hydrogen-bond donors (Lipinski definition) is 1. The molecule has 0 amide bonds. The molecule has 0 saturated carbocycles. The van der Waals surface area contributed by atoms with E-state index in [4.69, 9.17) is 10.5 Å². The van der Waals surface area contributed by atoms with Crippen LogP contribution in [0.25, 0.3) is 0 Å². The molecule has 0 aromatic carbocycles. The molecule has 0 bridgehead atoms. The summed E-state index contributed by atoms with van der Waals surface area (Å²) in [4.78, 5) is 6.31. The number of nitrogens with zero attached hydrogens (tertiary/aromatic N) is 2. The van der Waals surface area contributed by atoms with E-state index >= 15 is 0 Å². The van der Waals surface area contributed by atoms with Crippen molar-refractivity contribution in [3.63, 3.8) is 0 Å². The average Bonchev–Trinajstić information content (AvgIpc) is 2.29. The molecule has 4 heteroatoms.